The van der Waals surface area contributed by atoms with Gasteiger partial charge in [0.25, 0.3) is 0 Å². The predicted molar refractivity (Wildman–Crippen MR) is 135 cm³/mol. The van der Waals surface area contributed by atoms with Crippen LogP contribution in [0.2, 0.25) is 5.02 Å². The van der Waals surface area contributed by atoms with Crippen LogP contribution in [0.15, 0.2) is 60.7 Å². The molecule has 1 atom stereocenters. The topological polar surface area (TPSA) is 65.0 Å². The lowest BCUT2D eigenvalue weighted by Crippen LogP contribution is -2.16. The molecule has 0 unspecified atom stereocenters. The van der Waals surface area contributed by atoms with Crippen LogP contribution in [-0.4, -0.2) is 23.8 Å². The molecule has 34 heavy (non-hydrogen) atoms. The Hall–Kier alpha value is -3.18. The van der Waals surface area contributed by atoms with Crippen molar-refractivity contribution >= 4 is 17.6 Å². The van der Waals surface area contributed by atoms with E-state index in [1.807, 2.05) is 62.4 Å². The van der Waals surface area contributed by atoms with E-state index >= 15 is 0 Å². The Bertz CT molecular complexity index is 1090. The van der Waals surface area contributed by atoms with Gasteiger partial charge in [-0.2, -0.15) is 0 Å². The number of aryl methyl sites for hydroxylation is 3. The first-order valence-corrected chi connectivity index (χ1v) is 11.9. The first-order valence-electron chi connectivity index (χ1n) is 11.5. The molecule has 5 nitrogen and oxygen atoms in total. The SMILES string of the molecule is CCc1cc(OCC[C@H](C)Oc2ccc(Cl)cc2Oc2ccc(C)cc2)ccc1CCC(=O)O. The molecule has 3 rings (SSSR count). The molecule has 1 N–H and O–H groups in total. The van der Waals surface area contributed by atoms with E-state index in [1.54, 1.807) is 12.1 Å². The van der Waals surface area contributed by atoms with Gasteiger partial charge in [-0.1, -0.05) is 42.3 Å². The van der Waals surface area contributed by atoms with Gasteiger partial charge in [0, 0.05) is 23.9 Å². The van der Waals surface area contributed by atoms with Gasteiger partial charge in [-0.05, 0) is 74.2 Å². The van der Waals surface area contributed by atoms with E-state index in [0.29, 0.717) is 41.7 Å². The largest absolute Gasteiger partial charge is 0.493 e. The zero-order chi connectivity index (χ0) is 24.5. The van der Waals surface area contributed by atoms with Crippen molar-refractivity contribution in [3.8, 4) is 23.0 Å². The fourth-order valence-corrected chi connectivity index (χ4v) is 3.68. The van der Waals surface area contributed by atoms with E-state index < -0.39 is 5.97 Å². The monoisotopic (exact) mass is 482 g/mol. The van der Waals surface area contributed by atoms with E-state index in [2.05, 4.69) is 6.92 Å². The number of hydrogen-bond donors (Lipinski definition) is 1. The maximum atomic E-state index is 10.9. The minimum atomic E-state index is -0.788. The van der Waals surface area contributed by atoms with Crippen LogP contribution in [0.4, 0.5) is 0 Å². The molecule has 0 spiro atoms. The quantitative estimate of drug-likeness (QED) is 0.294. The Morgan fingerprint density at radius 1 is 0.971 bits per heavy atom. The Morgan fingerprint density at radius 2 is 1.71 bits per heavy atom. The second-order valence-corrected chi connectivity index (χ2v) is 8.69. The number of rotatable bonds is 12. The maximum absolute atomic E-state index is 10.9. The van der Waals surface area contributed by atoms with Crippen molar-refractivity contribution in [2.45, 2.75) is 52.6 Å². The molecule has 0 aliphatic rings. The smallest absolute Gasteiger partial charge is 0.303 e. The Balaban J connectivity index is 1.56. The third-order valence-electron chi connectivity index (χ3n) is 5.44. The molecule has 0 amide bonds. The van der Waals surface area contributed by atoms with Crippen LogP contribution in [0, 0.1) is 6.92 Å². The molecule has 0 bridgehead atoms. The summed E-state index contributed by atoms with van der Waals surface area (Å²) in [5.41, 5.74) is 3.32. The molecule has 180 valence electrons. The van der Waals surface area contributed by atoms with Crippen LogP contribution >= 0.6 is 11.6 Å². The number of carboxylic acids is 1. The van der Waals surface area contributed by atoms with Crippen molar-refractivity contribution in [2.24, 2.45) is 0 Å². The highest BCUT2D eigenvalue weighted by Gasteiger charge is 2.13. The Kier molecular flexibility index (Phi) is 9.23. The summed E-state index contributed by atoms with van der Waals surface area (Å²) in [5.74, 6) is 1.89. The average molecular weight is 483 g/mol. The van der Waals surface area contributed by atoms with Crippen LogP contribution in [0.5, 0.6) is 23.0 Å². The zero-order valence-corrected chi connectivity index (χ0v) is 20.6. The number of benzene rings is 3. The lowest BCUT2D eigenvalue weighted by molar-refractivity contribution is -0.136. The summed E-state index contributed by atoms with van der Waals surface area (Å²) in [7, 11) is 0. The van der Waals surface area contributed by atoms with Crippen molar-refractivity contribution in [3.63, 3.8) is 0 Å². The molecule has 3 aromatic rings. The molecule has 0 aromatic heterocycles. The molecule has 0 radical (unpaired) electrons. The molecule has 6 heteroatoms. The molecule has 0 saturated heterocycles. The second-order valence-electron chi connectivity index (χ2n) is 8.25. The second kappa shape index (κ2) is 12.3. The van der Waals surface area contributed by atoms with Crippen molar-refractivity contribution in [1.82, 2.24) is 0 Å². The standard InChI is InChI=1S/C28H31ClO5/c1-4-21-17-25(12-7-22(21)8-14-28(30)31)32-16-15-20(3)33-26-13-9-23(29)18-27(26)34-24-10-5-19(2)6-11-24/h5-7,9-13,17-18,20H,4,8,14-16H2,1-3H3,(H,30,31)/t20-/m0/s1. The lowest BCUT2D eigenvalue weighted by atomic mass is 10.0. The molecule has 0 aliphatic heterocycles. The van der Waals surface area contributed by atoms with Crippen LogP contribution < -0.4 is 14.2 Å². The van der Waals surface area contributed by atoms with Gasteiger partial charge in [0.2, 0.25) is 0 Å². The molecule has 3 aromatic carbocycles. The van der Waals surface area contributed by atoms with E-state index in [9.17, 15) is 4.79 Å². The minimum Gasteiger partial charge on any atom is -0.493 e. The van der Waals surface area contributed by atoms with E-state index in [4.69, 9.17) is 30.9 Å². The lowest BCUT2D eigenvalue weighted by Gasteiger charge is -2.18. The summed E-state index contributed by atoms with van der Waals surface area (Å²) in [6.07, 6.45) is 2.04. The Morgan fingerprint density at radius 3 is 2.41 bits per heavy atom. The highest BCUT2D eigenvalue weighted by molar-refractivity contribution is 6.30. The van der Waals surface area contributed by atoms with Gasteiger partial charge in [-0.3, -0.25) is 4.79 Å². The van der Waals surface area contributed by atoms with Crippen LogP contribution in [0.25, 0.3) is 0 Å². The van der Waals surface area contributed by atoms with Gasteiger partial charge in [0.15, 0.2) is 11.5 Å². The predicted octanol–water partition coefficient (Wildman–Crippen LogP) is 7.26. The summed E-state index contributed by atoms with van der Waals surface area (Å²) < 4.78 is 18.1. The third kappa shape index (κ3) is 7.70. The first kappa shape index (κ1) is 25.4. The van der Waals surface area contributed by atoms with Gasteiger partial charge < -0.3 is 19.3 Å². The number of aliphatic carboxylic acids is 1. The highest BCUT2D eigenvalue weighted by atomic mass is 35.5. The number of halogens is 1. The fraction of sp³-hybridized carbons (Fsp3) is 0.321. The van der Waals surface area contributed by atoms with Crippen LogP contribution in [-0.2, 0) is 17.6 Å². The normalized spacial score (nSPS) is 11.6. The van der Waals surface area contributed by atoms with Gasteiger partial charge >= 0.3 is 5.97 Å². The number of carboxylic acid groups (broad SMARTS) is 1. The third-order valence-corrected chi connectivity index (χ3v) is 5.68. The van der Waals surface area contributed by atoms with Gasteiger partial charge in [0.1, 0.15) is 11.5 Å². The van der Waals surface area contributed by atoms with Crippen molar-refractivity contribution in [3.05, 3.63) is 82.4 Å². The van der Waals surface area contributed by atoms with Gasteiger partial charge in [0.05, 0.1) is 12.7 Å². The van der Waals surface area contributed by atoms with Crippen LogP contribution in [0.1, 0.15) is 43.4 Å². The van der Waals surface area contributed by atoms with Crippen LogP contribution in [0.3, 0.4) is 0 Å². The molecule has 0 heterocycles. The van der Waals surface area contributed by atoms with Crippen molar-refractivity contribution in [1.29, 1.82) is 0 Å². The first-order chi connectivity index (χ1) is 16.3. The zero-order valence-electron chi connectivity index (χ0n) is 19.8. The average Bonchev–Trinajstić information content (AvgIpc) is 2.81. The summed E-state index contributed by atoms with van der Waals surface area (Å²) >= 11 is 6.18. The minimum absolute atomic E-state index is 0.109. The molecule has 0 saturated carbocycles. The highest BCUT2D eigenvalue weighted by Crippen LogP contribution is 2.35. The summed E-state index contributed by atoms with van der Waals surface area (Å²) in [6, 6.07) is 19.0. The maximum Gasteiger partial charge on any atom is 0.303 e. The van der Waals surface area contributed by atoms with Gasteiger partial charge in [-0.15, -0.1) is 0 Å². The van der Waals surface area contributed by atoms with Gasteiger partial charge in [-0.25, -0.2) is 0 Å². The number of carbonyl (C=O) groups is 1. The Labute approximate surface area is 206 Å². The molecular weight excluding hydrogens is 452 g/mol. The molecule has 0 aliphatic carbocycles. The van der Waals surface area contributed by atoms with E-state index in [-0.39, 0.29) is 12.5 Å². The summed E-state index contributed by atoms with van der Waals surface area (Å²) in [6.45, 7) is 6.56. The number of hydrogen-bond acceptors (Lipinski definition) is 4. The number of ether oxygens (including phenoxy) is 3. The summed E-state index contributed by atoms with van der Waals surface area (Å²) in [4.78, 5) is 10.9. The van der Waals surface area contributed by atoms with Crippen molar-refractivity contribution < 1.29 is 24.1 Å². The molecule has 0 fully saturated rings. The van der Waals surface area contributed by atoms with E-state index in [0.717, 1.165) is 28.9 Å². The fourth-order valence-electron chi connectivity index (χ4n) is 3.52. The molecular formula is C28H31ClO5. The summed E-state index contributed by atoms with van der Waals surface area (Å²) in [5, 5.41) is 9.50. The van der Waals surface area contributed by atoms with E-state index in [1.165, 1.54) is 0 Å². The van der Waals surface area contributed by atoms with Crippen molar-refractivity contribution in [2.75, 3.05) is 6.61 Å².